The fourth-order valence-electron chi connectivity index (χ4n) is 2.37. The highest BCUT2D eigenvalue weighted by atomic mass is 32.2. The first-order valence-corrected chi connectivity index (χ1v) is 9.36. The Kier molecular flexibility index (Phi) is 5.73. The van der Waals surface area contributed by atoms with Crippen molar-refractivity contribution in [1.29, 1.82) is 0 Å². The third-order valence-corrected chi connectivity index (χ3v) is 4.53. The predicted molar refractivity (Wildman–Crippen MR) is 104 cm³/mol. The molecular weight excluding hydrogens is 384 g/mol. The monoisotopic (exact) mass is 403 g/mol. The first-order chi connectivity index (χ1) is 13.2. The summed E-state index contributed by atoms with van der Waals surface area (Å²) in [7, 11) is 0. The number of hydrogen-bond acceptors (Lipinski definition) is 5. The van der Waals surface area contributed by atoms with E-state index in [1.54, 1.807) is 24.5 Å². The van der Waals surface area contributed by atoms with E-state index >= 15 is 0 Å². The van der Waals surface area contributed by atoms with Crippen molar-refractivity contribution in [3.8, 4) is 5.95 Å². The van der Waals surface area contributed by atoms with Crippen LogP contribution in [0.4, 0.5) is 14.6 Å². The number of nitrogens with one attached hydrogen (secondary N) is 1. The van der Waals surface area contributed by atoms with Crippen LogP contribution in [0, 0.1) is 0 Å². The van der Waals surface area contributed by atoms with Crippen molar-refractivity contribution >= 4 is 23.5 Å². The Labute approximate surface area is 165 Å². The number of halogens is 2. The van der Waals surface area contributed by atoms with Gasteiger partial charge in [0.25, 0.3) is 17.6 Å². The van der Waals surface area contributed by atoms with E-state index in [0.29, 0.717) is 34.0 Å². The summed E-state index contributed by atoms with van der Waals surface area (Å²) in [5.74, 6) is -2.13. The van der Waals surface area contributed by atoms with Crippen LogP contribution >= 0.6 is 11.8 Å². The Morgan fingerprint density at radius 1 is 1.14 bits per heavy atom. The maximum Gasteiger partial charge on any atom is 0.288 e. The van der Waals surface area contributed by atoms with Crippen LogP contribution in [0.25, 0.3) is 5.95 Å². The van der Waals surface area contributed by atoms with Gasteiger partial charge in [0.15, 0.2) is 0 Å². The van der Waals surface area contributed by atoms with Gasteiger partial charge in [-0.1, -0.05) is 32.5 Å². The smallest absolute Gasteiger partial charge is 0.288 e. The molecule has 1 amide bonds. The van der Waals surface area contributed by atoms with Crippen LogP contribution < -0.4 is 5.32 Å². The number of amides is 1. The average molecular weight is 403 g/mol. The van der Waals surface area contributed by atoms with Gasteiger partial charge in [0, 0.05) is 34.3 Å². The van der Waals surface area contributed by atoms with E-state index in [0.717, 1.165) is 5.69 Å². The highest BCUT2D eigenvalue weighted by Crippen LogP contribution is 2.27. The van der Waals surface area contributed by atoms with Crippen LogP contribution in [0.15, 0.2) is 53.7 Å². The molecule has 28 heavy (non-hydrogen) atoms. The number of hydrogen-bond donors (Lipinski definition) is 1. The lowest BCUT2D eigenvalue weighted by Gasteiger charge is -2.13. The van der Waals surface area contributed by atoms with Crippen molar-refractivity contribution in [3.63, 3.8) is 0 Å². The second-order valence-electron chi connectivity index (χ2n) is 6.98. The molecule has 0 fully saturated rings. The van der Waals surface area contributed by atoms with E-state index in [1.165, 1.54) is 28.9 Å². The Balaban J connectivity index is 1.88. The SMILES string of the molecule is CC(C)(C)c1cc(NC(=O)c2ccc(SC(F)F)cc2)n(-c2ncccn2)n1. The lowest BCUT2D eigenvalue weighted by Crippen LogP contribution is -2.16. The third-order valence-electron chi connectivity index (χ3n) is 3.80. The van der Waals surface area contributed by atoms with Gasteiger partial charge in [-0.2, -0.15) is 18.6 Å². The Morgan fingerprint density at radius 2 is 1.79 bits per heavy atom. The zero-order valence-corrected chi connectivity index (χ0v) is 16.4. The highest BCUT2D eigenvalue weighted by molar-refractivity contribution is 7.99. The zero-order chi connectivity index (χ0) is 20.3. The number of alkyl halides is 2. The summed E-state index contributed by atoms with van der Waals surface area (Å²) in [4.78, 5) is 21.4. The van der Waals surface area contributed by atoms with Crippen molar-refractivity contribution in [3.05, 3.63) is 60.0 Å². The van der Waals surface area contributed by atoms with Crippen LogP contribution in [0.2, 0.25) is 0 Å². The number of thioether (sulfide) groups is 1. The minimum absolute atomic E-state index is 0.242. The van der Waals surface area contributed by atoms with Crippen LogP contribution in [0.3, 0.4) is 0 Å². The van der Waals surface area contributed by atoms with Gasteiger partial charge in [0.1, 0.15) is 5.82 Å². The summed E-state index contributed by atoms with van der Waals surface area (Å²) in [6, 6.07) is 9.45. The summed E-state index contributed by atoms with van der Waals surface area (Å²) in [6.45, 7) is 6.03. The van der Waals surface area contributed by atoms with E-state index in [2.05, 4.69) is 20.4 Å². The lowest BCUT2D eigenvalue weighted by atomic mass is 9.92. The van der Waals surface area contributed by atoms with Crippen molar-refractivity contribution in [1.82, 2.24) is 19.7 Å². The third kappa shape index (κ3) is 4.72. The van der Waals surface area contributed by atoms with Gasteiger partial charge in [0.2, 0.25) is 0 Å². The molecule has 3 aromatic rings. The largest absolute Gasteiger partial charge is 0.306 e. The molecule has 1 aromatic carbocycles. The zero-order valence-electron chi connectivity index (χ0n) is 15.6. The first-order valence-electron chi connectivity index (χ1n) is 8.48. The fourth-order valence-corrected chi connectivity index (χ4v) is 2.86. The van der Waals surface area contributed by atoms with Gasteiger partial charge >= 0.3 is 0 Å². The maximum absolute atomic E-state index is 12.6. The number of benzene rings is 1. The molecule has 0 radical (unpaired) electrons. The van der Waals surface area contributed by atoms with Gasteiger partial charge in [-0.05, 0) is 30.3 Å². The molecule has 1 N–H and O–H groups in total. The van der Waals surface area contributed by atoms with E-state index in [1.807, 2.05) is 20.8 Å². The molecule has 6 nitrogen and oxygen atoms in total. The summed E-state index contributed by atoms with van der Waals surface area (Å²) >= 11 is 0.433. The number of carbonyl (C=O) groups is 1. The van der Waals surface area contributed by atoms with Gasteiger partial charge in [0.05, 0.1) is 5.69 Å². The van der Waals surface area contributed by atoms with Crippen LogP contribution in [-0.4, -0.2) is 31.4 Å². The summed E-state index contributed by atoms with van der Waals surface area (Å²) in [5, 5.41) is 7.34. The molecule has 2 aromatic heterocycles. The van der Waals surface area contributed by atoms with Gasteiger partial charge in [-0.25, -0.2) is 9.97 Å². The molecule has 0 saturated heterocycles. The molecule has 0 unspecified atom stereocenters. The number of carbonyl (C=O) groups excluding carboxylic acids is 1. The normalized spacial score (nSPS) is 11.6. The molecule has 2 heterocycles. The average Bonchev–Trinajstić information content (AvgIpc) is 3.07. The minimum Gasteiger partial charge on any atom is -0.306 e. The summed E-state index contributed by atoms with van der Waals surface area (Å²) in [6.07, 6.45) is 3.18. The molecule has 0 aliphatic rings. The molecule has 0 atom stereocenters. The quantitative estimate of drug-likeness (QED) is 0.634. The van der Waals surface area contributed by atoms with Crippen LogP contribution in [-0.2, 0) is 5.41 Å². The van der Waals surface area contributed by atoms with Crippen molar-refractivity contribution in [2.45, 2.75) is 36.8 Å². The molecule has 0 aliphatic carbocycles. The molecule has 0 saturated carbocycles. The first kappa shape index (κ1) is 19.9. The van der Waals surface area contributed by atoms with Crippen molar-refractivity contribution in [2.75, 3.05) is 5.32 Å². The van der Waals surface area contributed by atoms with Gasteiger partial charge in [-0.3, -0.25) is 4.79 Å². The number of nitrogens with zero attached hydrogens (tertiary/aromatic N) is 4. The van der Waals surface area contributed by atoms with Crippen molar-refractivity contribution < 1.29 is 13.6 Å². The summed E-state index contributed by atoms with van der Waals surface area (Å²) in [5.41, 5.74) is 0.866. The number of aromatic nitrogens is 4. The molecule has 0 spiro atoms. The van der Waals surface area contributed by atoms with E-state index in [-0.39, 0.29) is 11.3 Å². The molecule has 0 bridgehead atoms. The molecule has 146 valence electrons. The number of anilines is 1. The second-order valence-corrected chi connectivity index (χ2v) is 8.05. The Bertz CT molecular complexity index is 953. The lowest BCUT2D eigenvalue weighted by molar-refractivity contribution is 0.102. The highest BCUT2D eigenvalue weighted by Gasteiger charge is 2.22. The summed E-state index contributed by atoms with van der Waals surface area (Å²) < 4.78 is 26.3. The van der Waals surface area contributed by atoms with Crippen LogP contribution in [0.5, 0.6) is 0 Å². The van der Waals surface area contributed by atoms with Crippen LogP contribution in [0.1, 0.15) is 36.8 Å². The van der Waals surface area contributed by atoms with E-state index < -0.39 is 5.76 Å². The fraction of sp³-hybridized carbons (Fsp3) is 0.263. The maximum atomic E-state index is 12.6. The minimum atomic E-state index is -2.50. The standard InChI is InChI=1S/C19H19F2N5OS/c1-19(2,3)14-11-15(26(25-14)18-22-9-4-10-23-18)24-16(27)12-5-7-13(8-6-12)28-17(20)21/h4-11,17H,1-3H3,(H,24,27). The molecule has 9 heteroatoms. The Morgan fingerprint density at radius 3 is 2.36 bits per heavy atom. The predicted octanol–water partition coefficient (Wildman–Crippen LogP) is 4.53. The van der Waals surface area contributed by atoms with Crippen molar-refractivity contribution in [2.24, 2.45) is 0 Å². The Hall–Kier alpha value is -2.81. The molecular formula is C19H19F2N5OS. The second kappa shape index (κ2) is 8.05. The van der Waals surface area contributed by atoms with E-state index in [9.17, 15) is 13.6 Å². The topological polar surface area (TPSA) is 72.7 Å². The van der Waals surface area contributed by atoms with E-state index in [4.69, 9.17) is 0 Å². The molecule has 3 rings (SSSR count). The molecule has 0 aliphatic heterocycles. The number of rotatable bonds is 5. The van der Waals surface area contributed by atoms with Gasteiger partial charge < -0.3 is 5.32 Å². The van der Waals surface area contributed by atoms with Gasteiger partial charge in [-0.15, -0.1) is 0 Å².